The van der Waals surface area contributed by atoms with Crippen LogP contribution in [0, 0.1) is 0 Å². The highest BCUT2D eigenvalue weighted by Gasteiger charge is 2.22. The molecule has 0 aliphatic carbocycles. The van der Waals surface area contributed by atoms with Crippen LogP contribution in [0.4, 0.5) is 0 Å². The second-order valence-electron chi connectivity index (χ2n) is 10.3. The second-order valence-corrected chi connectivity index (χ2v) is 10.3. The summed E-state index contributed by atoms with van der Waals surface area (Å²) in [7, 11) is 0. The van der Waals surface area contributed by atoms with Gasteiger partial charge < -0.3 is 39.1 Å². The topological polar surface area (TPSA) is 147 Å². The Balaban J connectivity index is 1.50. The van der Waals surface area contributed by atoms with Crippen LogP contribution < -0.4 is 0 Å². The number of hydrogen-bond donors (Lipinski definition) is 2. The van der Waals surface area contributed by atoms with Gasteiger partial charge in [-0.3, -0.25) is 9.59 Å². The van der Waals surface area contributed by atoms with Crippen LogP contribution in [-0.2, 0) is 35.1 Å². The van der Waals surface area contributed by atoms with Gasteiger partial charge in [0.15, 0.2) is 6.61 Å². The van der Waals surface area contributed by atoms with Gasteiger partial charge in [0.05, 0.1) is 31.6 Å². The van der Waals surface area contributed by atoms with E-state index >= 15 is 0 Å². The summed E-state index contributed by atoms with van der Waals surface area (Å²) in [4.78, 5) is 46.9. The molecule has 12 nitrogen and oxygen atoms in total. The van der Waals surface area contributed by atoms with Gasteiger partial charge in [-0.2, -0.15) is 0 Å². The lowest BCUT2D eigenvalue weighted by Crippen LogP contribution is -2.42. The molecule has 0 bridgehead atoms. The first-order valence-corrected chi connectivity index (χ1v) is 14.4. The lowest BCUT2D eigenvalue weighted by molar-refractivity contribution is -0.141. The fourth-order valence-electron chi connectivity index (χ4n) is 4.93. The average Bonchev–Trinajstić information content (AvgIpc) is 2.99. The smallest absolute Gasteiger partial charge is 0.342 e. The van der Waals surface area contributed by atoms with E-state index in [1.165, 1.54) is 6.07 Å². The van der Waals surface area contributed by atoms with Gasteiger partial charge in [0.25, 0.3) is 5.91 Å². The van der Waals surface area contributed by atoms with Crippen LogP contribution in [-0.4, -0.2) is 109 Å². The first-order chi connectivity index (χ1) is 20.4. The third-order valence-corrected chi connectivity index (χ3v) is 7.17. The Morgan fingerprint density at radius 2 is 1.69 bits per heavy atom. The molecule has 0 spiro atoms. The predicted molar refractivity (Wildman–Crippen MR) is 152 cm³/mol. The number of morpholine rings is 1. The molecule has 3 aliphatic rings. The number of carbonyl (C=O) groups is 3. The lowest BCUT2D eigenvalue weighted by atomic mass is 9.99. The summed E-state index contributed by atoms with van der Waals surface area (Å²) < 4.78 is 16.6. The highest BCUT2D eigenvalue weighted by Crippen LogP contribution is 2.29. The minimum Gasteiger partial charge on any atom is -0.508 e. The molecule has 1 atom stereocenters. The summed E-state index contributed by atoms with van der Waals surface area (Å²) in [6, 6.07) is 2.43. The molecule has 2 N–H and O–H groups in total. The van der Waals surface area contributed by atoms with Crippen molar-refractivity contribution in [2.45, 2.75) is 44.6 Å². The zero-order chi connectivity index (χ0) is 29.7. The molecule has 3 heterocycles. The molecule has 12 heteroatoms. The van der Waals surface area contributed by atoms with Gasteiger partial charge in [-0.05, 0) is 49.8 Å². The van der Waals surface area contributed by atoms with E-state index in [1.807, 2.05) is 6.08 Å². The summed E-state index contributed by atoms with van der Waals surface area (Å²) in [5.41, 5.74) is 0.537. The number of ether oxygens (including phenoxy) is 3. The van der Waals surface area contributed by atoms with Crippen molar-refractivity contribution in [2.24, 2.45) is 5.16 Å². The normalized spacial score (nSPS) is 22.9. The van der Waals surface area contributed by atoms with Gasteiger partial charge in [-0.15, -0.1) is 0 Å². The lowest BCUT2D eigenvalue weighted by Gasteiger charge is -2.27. The molecule has 0 saturated carbocycles. The number of hydrogen-bond acceptors (Lipinski definition) is 10. The molecule has 4 rings (SSSR count). The van der Waals surface area contributed by atoms with E-state index in [2.05, 4.69) is 5.16 Å². The molecule has 228 valence electrons. The number of allylic oxidation sites excluding steroid dienone is 1. The summed E-state index contributed by atoms with van der Waals surface area (Å²) in [5, 5.41) is 24.7. The van der Waals surface area contributed by atoms with Crippen LogP contribution in [0.2, 0.25) is 0 Å². The number of cyclic esters (lactones) is 1. The maximum atomic E-state index is 12.9. The van der Waals surface area contributed by atoms with E-state index in [1.54, 1.807) is 28.0 Å². The number of oxime groups is 1. The third kappa shape index (κ3) is 9.31. The summed E-state index contributed by atoms with van der Waals surface area (Å²) in [5.74, 6) is -1.67. The van der Waals surface area contributed by atoms with Crippen LogP contribution in [0.15, 0.2) is 41.6 Å². The Bertz CT molecular complexity index is 1180. The molecule has 1 aromatic carbocycles. The number of fused-ring (bicyclic) bond motifs is 1. The van der Waals surface area contributed by atoms with Crippen molar-refractivity contribution in [2.75, 3.05) is 59.2 Å². The summed E-state index contributed by atoms with van der Waals surface area (Å²) in [6.45, 7) is 3.16. The highest BCUT2D eigenvalue weighted by atomic mass is 16.6. The molecule has 2 amide bonds. The maximum Gasteiger partial charge on any atom is 0.342 e. The molecule has 0 aromatic heterocycles. The summed E-state index contributed by atoms with van der Waals surface area (Å²) in [6.07, 6.45) is 10.5. The van der Waals surface area contributed by atoms with E-state index in [9.17, 15) is 24.6 Å². The van der Waals surface area contributed by atoms with Crippen molar-refractivity contribution in [3.8, 4) is 11.5 Å². The minimum absolute atomic E-state index is 0.00230. The van der Waals surface area contributed by atoms with Crippen LogP contribution >= 0.6 is 0 Å². The van der Waals surface area contributed by atoms with E-state index in [-0.39, 0.29) is 54.9 Å². The zero-order valence-electron chi connectivity index (χ0n) is 23.7. The molecule has 42 heavy (non-hydrogen) atoms. The molecule has 2 saturated heterocycles. The minimum atomic E-state index is -0.749. The van der Waals surface area contributed by atoms with Crippen molar-refractivity contribution >= 4 is 23.5 Å². The number of nitrogens with zero attached hydrogens (tertiary/aromatic N) is 3. The number of benzene rings is 1. The Labute approximate surface area is 245 Å². The second kappa shape index (κ2) is 15.9. The number of likely N-dealkylation sites (tertiary alicyclic amines) is 1. The first kappa shape index (κ1) is 31.0. The van der Waals surface area contributed by atoms with E-state index in [4.69, 9.17) is 19.0 Å². The Morgan fingerprint density at radius 1 is 0.952 bits per heavy atom. The highest BCUT2D eigenvalue weighted by molar-refractivity contribution is 6.00. The molecule has 2 fully saturated rings. The molecule has 1 aromatic rings. The fourth-order valence-corrected chi connectivity index (χ4v) is 4.93. The Hall–Kier alpha value is -3.90. The predicted octanol–water partition coefficient (Wildman–Crippen LogP) is 2.33. The number of amides is 2. The molecule has 1 unspecified atom stereocenters. The van der Waals surface area contributed by atoms with Crippen molar-refractivity contribution in [1.82, 2.24) is 9.80 Å². The van der Waals surface area contributed by atoms with Crippen molar-refractivity contribution in [1.29, 1.82) is 0 Å². The van der Waals surface area contributed by atoms with E-state index in [0.717, 1.165) is 25.3 Å². The van der Waals surface area contributed by atoms with Crippen molar-refractivity contribution < 1.29 is 43.6 Å². The molecule has 0 radical (unpaired) electrons. The van der Waals surface area contributed by atoms with Crippen molar-refractivity contribution in [3.63, 3.8) is 0 Å². The monoisotopic (exact) mass is 585 g/mol. The largest absolute Gasteiger partial charge is 0.508 e. The van der Waals surface area contributed by atoms with Crippen LogP contribution in [0.3, 0.4) is 0 Å². The van der Waals surface area contributed by atoms with E-state index in [0.29, 0.717) is 57.9 Å². The van der Waals surface area contributed by atoms with Crippen LogP contribution in [0.25, 0.3) is 0 Å². The van der Waals surface area contributed by atoms with Crippen LogP contribution in [0.1, 0.15) is 48.0 Å². The molecular weight excluding hydrogens is 546 g/mol. The maximum absolute atomic E-state index is 12.9. The molecular formula is C30H39N3O9. The Kier molecular flexibility index (Phi) is 11.8. The number of rotatable bonds is 6. The standard InChI is InChI=1S/C30H39N3O9/c34-24-18-22-17-23(31-42-21-28(37)32-10-3-1-4-11-32)7-6-9-25(41-20-27(36)33-12-15-39-16-13-33)8-2-5-14-40-30(38)29(22)26(35)19-24/h2,6-8,18-19,25,34-35H,1,3-5,9-17,20-21H2/b7-6+,8-2+,31-23+. The third-order valence-electron chi connectivity index (χ3n) is 7.17. The van der Waals surface area contributed by atoms with Gasteiger partial charge in [0, 0.05) is 38.7 Å². The number of phenols is 2. The quantitative estimate of drug-likeness (QED) is 0.292. The number of piperidine rings is 1. The van der Waals surface area contributed by atoms with E-state index < -0.39 is 17.8 Å². The van der Waals surface area contributed by atoms with Gasteiger partial charge >= 0.3 is 5.97 Å². The average molecular weight is 586 g/mol. The number of aromatic hydroxyl groups is 2. The number of phenolic OH excluding ortho intramolecular Hbond substituents is 2. The fraction of sp³-hybridized carbons (Fsp3) is 0.533. The zero-order valence-corrected chi connectivity index (χ0v) is 23.7. The van der Waals surface area contributed by atoms with Gasteiger partial charge in [-0.1, -0.05) is 23.4 Å². The van der Waals surface area contributed by atoms with Crippen LogP contribution in [0.5, 0.6) is 11.5 Å². The van der Waals surface area contributed by atoms with Gasteiger partial charge in [0.2, 0.25) is 5.91 Å². The first-order valence-electron chi connectivity index (χ1n) is 14.4. The molecule has 3 aliphatic heterocycles. The number of carbonyl (C=O) groups excluding carboxylic acids is 3. The van der Waals surface area contributed by atoms with Crippen molar-refractivity contribution in [3.05, 3.63) is 47.6 Å². The van der Waals surface area contributed by atoms with Gasteiger partial charge in [-0.25, -0.2) is 4.79 Å². The summed E-state index contributed by atoms with van der Waals surface area (Å²) >= 11 is 0. The number of esters is 1. The SMILES string of the molecule is O=C1OCC/C=C/C(OCC(=O)N2CCOCC2)C/C=C/C(=N\OCC(=O)N2CCCCC2)Cc2cc(O)cc(O)c21. The Morgan fingerprint density at radius 3 is 2.48 bits per heavy atom. The van der Waals surface area contributed by atoms with Gasteiger partial charge in [0.1, 0.15) is 23.7 Å².